The van der Waals surface area contributed by atoms with Crippen LogP contribution in [-0.4, -0.2) is 52.7 Å². The van der Waals surface area contributed by atoms with Gasteiger partial charge in [-0.2, -0.15) is 0 Å². The fourth-order valence-electron chi connectivity index (χ4n) is 4.50. The molecule has 0 fully saturated rings. The Bertz CT molecular complexity index is 1200. The summed E-state index contributed by atoms with van der Waals surface area (Å²) in [4.78, 5) is 42.0. The van der Waals surface area contributed by atoms with Gasteiger partial charge in [0.05, 0.1) is 6.61 Å². The van der Waals surface area contributed by atoms with Crippen molar-refractivity contribution >= 4 is 23.6 Å². The lowest BCUT2D eigenvalue weighted by atomic mass is 9.97. The number of hydrogen-bond donors (Lipinski definition) is 3. The molecule has 0 aliphatic heterocycles. The number of ether oxygens (including phenoxy) is 1. The number of nitrogens with one attached hydrogen (secondary N) is 2. The number of anilines is 1. The van der Waals surface area contributed by atoms with Crippen LogP contribution in [0.15, 0.2) is 48.5 Å². The lowest BCUT2D eigenvalue weighted by molar-refractivity contribution is -0.141. The first-order chi connectivity index (χ1) is 19.5. The molecule has 0 saturated heterocycles. The Morgan fingerprint density at radius 1 is 1.00 bits per heavy atom. The van der Waals surface area contributed by atoms with Crippen molar-refractivity contribution in [1.29, 1.82) is 0 Å². The number of unbranched alkanes of at least 4 members (excludes halogenated alkanes) is 5. The van der Waals surface area contributed by atoms with E-state index in [0.717, 1.165) is 37.7 Å². The quantitative estimate of drug-likeness (QED) is 0.201. The molecule has 0 bridgehead atoms. The molecule has 3 N–H and O–H groups in total. The topological polar surface area (TPSA) is 108 Å². The number of aliphatic hydroxyl groups excluding tert-OH is 1. The number of nitrogens with zero attached hydrogens (tertiary/aromatic N) is 1. The highest BCUT2D eigenvalue weighted by molar-refractivity contribution is 5.99. The minimum atomic E-state index is -1.32. The fourth-order valence-corrected chi connectivity index (χ4v) is 4.50. The minimum Gasteiger partial charge on any atom is -0.444 e. The van der Waals surface area contributed by atoms with Gasteiger partial charge in [0, 0.05) is 17.8 Å². The van der Waals surface area contributed by atoms with E-state index in [1.807, 2.05) is 25.1 Å². The van der Waals surface area contributed by atoms with Crippen molar-refractivity contribution < 1.29 is 24.2 Å². The summed E-state index contributed by atoms with van der Waals surface area (Å²) in [6, 6.07) is 11.9. The van der Waals surface area contributed by atoms with Crippen molar-refractivity contribution in [1.82, 2.24) is 10.2 Å². The molecule has 0 heterocycles. The van der Waals surface area contributed by atoms with Gasteiger partial charge in [-0.3, -0.25) is 9.59 Å². The Hall–Kier alpha value is -3.83. The highest BCUT2D eigenvalue weighted by Gasteiger charge is 2.37. The van der Waals surface area contributed by atoms with Gasteiger partial charge >= 0.3 is 6.09 Å². The number of carbonyl (C=O) groups is 3. The summed E-state index contributed by atoms with van der Waals surface area (Å²) >= 11 is 0. The Kier molecular flexibility index (Phi) is 13.4. The summed E-state index contributed by atoms with van der Waals surface area (Å²) in [5.41, 5.74) is 1.62. The van der Waals surface area contributed by atoms with Gasteiger partial charge in [-0.1, -0.05) is 81.3 Å². The third kappa shape index (κ3) is 10.6. The van der Waals surface area contributed by atoms with Gasteiger partial charge in [0.25, 0.3) is 5.91 Å². The molecule has 8 heteroatoms. The zero-order valence-corrected chi connectivity index (χ0v) is 25.0. The number of carbonyl (C=O) groups excluding carboxylic acids is 3. The number of aryl methyl sites for hydroxylation is 1. The van der Waals surface area contributed by atoms with Gasteiger partial charge in [-0.05, 0) is 57.4 Å². The molecule has 0 radical (unpaired) electrons. The summed E-state index contributed by atoms with van der Waals surface area (Å²) in [6.45, 7) is 8.69. The summed E-state index contributed by atoms with van der Waals surface area (Å²) in [7, 11) is 0. The number of terminal acetylenes is 1. The second-order valence-electron chi connectivity index (χ2n) is 11.1. The highest BCUT2D eigenvalue weighted by Crippen LogP contribution is 2.28. The SMILES string of the molecule is C#Cc1ccccc1C(C(=O)Nc1ccccc1C)N(CCCCCCCC)C(=O)C(CO)NC(=O)OC(C)(C)C. The standard InChI is InChI=1S/C33H45N3O5/c1-7-9-10-11-12-17-22-36(31(39)28(23-37)35-32(40)41-33(4,5)6)29(26-20-15-14-19-25(26)8-2)30(38)34-27-21-16-13-18-24(27)3/h2,13-16,18-21,28-29,37H,7,9-12,17,22-23H2,1,3-6H3,(H,34,38)(H,35,40). The van der Waals surface area contributed by atoms with Gasteiger partial charge in [-0.15, -0.1) is 6.42 Å². The van der Waals surface area contributed by atoms with Gasteiger partial charge in [0.2, 0.25) is 5.91 Å². The van der Waals surface area contributed by atoms with E-state index >= 15 is 0 Å². The van der Waals surface area contributed by atoms with Crippen molar-refractivity contribution in [2.75, 3.05) is 18.5 Å². The molecule has 222 valence electrons. The smallest absolute Gasteiger partial charge is 0.408 e. The Balaban J connectivity index is 2.51. The molecule has 0 aliphatic carbocycles. The molecule has 2 rings (SSSR count). The Morgan fingerprint density at radius 2 is 1.63 bits per heavy atom. The molecule has 0 aromatic heterocycles. The molecule has 2 aromatic carbocycles. The summed E-state index contributed by atoms with van der Waals surface area (Å²) < 4.78 is 5.32. The van der Waals surface area contributed by atoms with E-state index in [2.05, 4.69) is 23.5 Å². The third-order valence-electron chi connectivity index (χ3n) is 6.58. The molecule has 8 nitrogen and oxygen atoms in total. The summed E-state index contributed by atoms with van der Waals surface area (Å²) in [5.74, 6) is 1.58. The van der Waals surface area contributed by atoms with Crippen LogP contribution < -0.4 is 10.6 Å². The number of aliphatic hydroxyl groups is 1. The maximum absolute atomic E-state index is 14.0. The monoisotopic (exact) mass is 563 g/mol. The molecule has 2 atom stereocenters. The third-order valence-corrected chi connectivity index (χ3v) is 6.58. The van der Waals surface area contributed by atoms with Crippen molar-refractivity contribution in [3.8, 4) is 12.3 Å². The average Bonchev–Trinajstić information content (AvgIpc) is 2.93. The average molecular weight is 564 g/mol. The summed E-state index contributed by atoms with van der Waals surface area (Å²) in [5, 5.41) is 15.6. The van der Waals surface area contributed by atoms with Gasteiger partial charge in [-0.25, -0.2) is 4.79 Å². The lowest BCUT2D eigenvalue weighted by Gasteiger charge is -2.34. The molecule has 0 saturated carbocycles. The van der Waals surface area contributed by atoms with Crippen molar-refractivity contribution in [2.45, 2.75) is 90.8 Å². The van der Waals surface area contributed by atoms with Crippen LogP contribution in [-0.2, 0) is 14.3 Å². The molecular weight excluding hydrogens is 518 g/mol. The number of amides is 3. The van der Waals surface area contributed by atoms with Crippen LogP contribution in [0, 0.1) is 19.3 Å². The number of rotatable bonds is 14. The van der Waals surface area contributed by atoms with Crippen molar-refractivity contribution in [3.63, 3.8) is 0 Å². The van der Waals surface area contributed by atoms with Crippen molar-refractivity contribution in [3.05, 3.63) is 65.2 Å². The van der Waals surface area contributed by atoms with Gasteiger partial charge in [0.1, 0.15) is 17.7 Å². The Labute approximate surface area is 244 Å². The minimum absolute atomic E-state index is 0.224. The molecule has 0 spiro atoms. The first-order valence-corrected chi connectivity index (χ1v) is 14.3. The van der Waals surface area contributed by atoms with E-state index in [-0.39, 0.29) is 6.54 Å². The second kappa shape index (κ2) is 16.4. The van der Waals surface area contributed by atoms with Crippen LogP contribution in [0.5, 0.6) is 0 Å². The lowest BCUT2D eigenvalue weighted by Crippen LogP contribution is -2.54. The van der Waals surface area contributed by atoms with Crippen LogP contribution in [0.1, 0.15) is 89.0 Å². The van der Waals surface area contributed by atoms with Gasteiger partial charge in [0.15, 0.2) is 0 Å². The first-order valence-electron chi connectivity index (χ1n) is 14.3. The normalized spacial score (nSPS) is 12.5. The predicted molar refractivity (Wildman–Crippen MR) is 162 cm³/mol. The Morgan fingerprint density at radius 3 is 2.27 bits per heavy atom. The zero-order chi connectivity index (χ0) is 30.4. The van der Waals surface area contributed by atoms with E-state index in [4.69, 9.17) is 11.2 Å². The maximum Gasteiger partial charge on any atom is 0.408 e. The maximum atomic E-state index is 14.0. The van der Waals surface area contributed by atoms with Crippen LogP contribution >= 0.6 is 0 Å². The summed E-state index contributed by atoms with van der Waals surface area (Å²) in [6.07, 6.45) is 10.8. The number of hydrogen-bond acceptors (Lipinski definition) is 5. The fraction of sp³-hybridized carbons (Fsp3) is 0.485. The largest absolute Gasteiger partial charge is 0.444 e. The zero-order valence-electron chi connectivity index (χ0n) is 25.0. The van der Waals surface area contributed by atoms with E-state index in [1.165, 1.54) is 4.90 Å². The number of para-hydroxylation sites is 1. The van der Waals surface area contributed by atoms with Crippen LogP contribution in [0.3, 0.4) is 0 Å². The predicted octanol–water partition coefficient (Wildman–Crippen LogP) is 5.73. The van der Waals surface area contributed by atoms with Crippen LogP contribution in [0.4, 0.5) is 10.5 Å². The molecule has 3 amide bonds. The van der Waals surface area contributed by atoms with E-state index in [1.54, 1.807) is 51.1 Å². The van der Waals surface area contributed by atoms with Crippen LogP contribution in [0.2, 0.25) is 0 Å². The number of benzene rings is 2. The molecule has 2 aromatic rings. The second-order valence-corrected chi connectivity index (χ2v) is 11.1. The number of alkyl carbamates (subject to hydrolysis) is 1. The van der Waals surface area contributed by atoms with Gasteiger partial charge < -0.3 is 25.4 Å². The van der Waals surface area contributed by atoms with E-state index < -0.39 is 42.2 Å². The molecule has 2 unspecified atom stereocenters. The van der Waals surface area contributed by atoms with E-state index in [9.17, 15) is 19.5 Å². The molecule has 0 aliphatic rings. The van der Waals surface area contributed by atoms with Crippen molar-refractivity contribution in [2.24, 2.45) is 0 Å². The molecular formula is C33H45N3O5. The highest BCUT2D eigenvalue weighted by atomic mass is 16.6. The first kappa shape index (κ1) is 33.4. The molecule has 41 heavy (non-hydrogen) atoms. The van der Waals surface area contributed by atoms with Crippen LogP contribution in [0.25, 0.3) is 0 Å². The van der Waals surface area contributed by atoms with E-state index in [0.29, 0.717) is 23.2 Å².